The highest BCUT2D eigenvalue weighted by Gasteiger charge is 2.15. The van der Waals surface area contributed by atoms with Crippen LogP contribution in [0.25, 0.3) is 10.9 Å². The van der Waals surface area contributed by atoms with Crippen molar-refractivity contribution in [3.05, 3.63) is 35.2 Å². The minimum Gasteiger partial charge on any atom is -0.396 e. The van der Waals surface area contributed by atoms with Gasteiger partial charge in [0.05, 0.1) is 17.3 Å². The van der Waals surface area contributed by atoms with Gasteiger partial charge in [-0.3, -0.25) is 4.98 Å². The van der Waals surface area contributed by atoms with Gasteiger partial charge in [-0.1, -0.05) is 11.6 Å². The fraction of sp³-hybridized carbons (Fsp3) is 0.357. The number of pyridine rings is 1. The van der Waals surface area contributed by atoms with Crippen LogP contribution in [0.4, 0.5) is 10.1 Å². The molecular formula is C14H16ClFN2O2. The Bertz CT molecular complexity index is 595. The van der Waals surface area contributed by atoms with Crippen LogP contribution in [0.3, 0.4) is 0 Å². The molecule has 0 spiro atoms. The predicted octanol–water partition coefficient (Wildman–Crippen LogP) is 2.21. The fourth-order valence-electron chi connectivity index (χ4n) is 2.12. The van der Waals surface area contributed by atoms with Crippen LogP contribution in [0.1, 0.15) is 6.42 Å². The summed E-state index contributed by atoms with van der Waals surface area (Å²) in [6.07, 6.45) is 1.96. The van der Waals surface area contributed by atoms with Crippen molar-refractivity contribution in [3.8, 4) is 0 Å². The molecule has 0 saturated carbocycles. The summed E-state index contributed by atoms with van der Waals surface area (Å²) in [6, 6.07) is 4.95. The number of hydrogen-bond acceptors (Lipinski definition) is 4. The Morgan fingerprint density at radius 1 is 1.15 bits per heavy atom. The molecule has 6 heteroatoms. The van der Waals surface area contributed by atoms with E-state index in [1.54, 1.807) is 23.1 Å². The Morgan fingerprint density at radius 3 is 2.65 bits per heavy atom. The summed E-state index contributed by atoms with van der Waals surface area (Å²) in [5, 5.41) is 19.0. The van der Waals surface area contributed by atoms with Gasteiger partial charge in [-0.05, 0) is 24.6 Å². The summed E-state index contributed by atoms with van der Waals surface area (Å²) < 4.78 is 14.5. The van der Waals surface area contributed by atoms with Gasteiger partial charge >= 0.3 is 0 Å². The van der Waals surface area contributed by atoms with E-state index in [-0.39, 0.29) is 18.7 Å². The molecule has 0 atom stereocenters. The smallest absolute Gasteiger partial charge is 0.172 e. The van der Waals surface area contributed by atoms with E-state index in [4.69, 9.17) is 21.8 Å². The molecule has 20 heavy (non-hydrogen) atoms. The Hall–Kier alpha value is -1.43. The van der Waals surface area contributed by atoms with E-state index >= 15 is 0 Å². The summed E-state index contributed by atoms with van der Waals surface area (Å²) in [7, 11) is 0. The quantitative estimate of drug-likeness (QED) is 0.858. The number of benzene rings is 1. The van der Waals surface area contributed by atoms with Crippen LogP contribution >= 0.6 is 11.6 Å². The molecule has 0 fully saturated rings. The van der Waals surface area contributed by atoms with Crippen molar-refractivity contribution < 1.29 is 14.6 Å². The van der Waals surface area contributed by atoms with E-state index in [1.165, 1.54) is 6.20 Å². The zero-order chi connectivity index (χ0) is 14.5. The Kier molecular flexibility index (Phi) is 5.11. The van der Waals surface area contributed by atoms with Gasteiger partial charge in [0.2, 0.25) is 0 Å². The van der Waals surface area contributed by atoms with Crippen LogP contribution in [0.2, 0.25) is 5.02 Å². The molecule has 1 aromatic carbocycles. The first-order valence-corrected chi connectivity index (χ1v) is 6.76. The number of halogens is 2. The molecule has 0 aliphatic heterocycles. The topological polar surface area (TPSA) is 56.6 Å². The lowest BCUT2D eigenvalue weighted by molar-refractivity contribution is 0.281. The number of fused-ring (bicyclic) bond motifs is 1. The lowest BCUT2D eigenvalue weighted by atomic mass is 10.1. The second-order valence-corrected chi connectivity index (χ2v) is 4.78. The third kappa shape index (κ3) is 3.00. The first-order chi connectivity index (χ1) is 9.69. The highest BCUT2D eigenvalue weighted by atomic mass is 35.5. The van der Waals surface area contributed by atoms with Crippen molar-refractivity contribution in [2.75, 3.05) is 31.2 Å². The fourth-order valence-corrected chi connectivity index (χ4v) is 2.33. The number of aromatic nitrogens is 1. The van der Waals surface area contributed by atoms with Crippen molar-refractivity contribution in [3.63, 3.8) is 0 Å². The number of nitrogens with zero attached hydrogens (tertiary/aromatic N) is 2. The number of rotatable bonds is 6. The highest BCUT2D eigenvalue weighted by molar-refractivity contribution is 6.35. The number of aliphatic hydroxyl groups is 2. The van der Waals surface area contributed by atoms with Gasteiger partial charge in [-0.2, -0.15) is 0 Å². The lowest BCUT2D eigenvalue weighted by Crippen LogP contribution is -2.29. The minimum atomic E-state index is -0.462. The summed E-state index contributed by atoms with van der Waals surface area (Å²) in [6.45, 7) is 0.677. The first kappa shape index (κ1) is 15.0. The van der Waals surface area contributed by atoms with Crippen LogP contribution in [0, 0.1) is 5.82 Å². The van der Waals surface area contributed by atoms with Gasteiger partial charge in [0, 0.05) is 31.3 Å². The van der Waals surface area contributed by atoms with Crippen molar-refractivity contribution in [2.24, 2.45) is 0 Å². The zero-order valence-electron chi connectivity index (χ0n) is 10.9. The number of anilines is 1. The average Bonchev–Trinajstić information content (AvgIpc) is 2.45. The molecule has 4 nitrogen and oxygen atoms in total. The van der Waals surface area contributed by atoms with Crippen LogP contribution in [-0.4, -0.2) is 41.5 Å². The maximum absolute atomic E-state index is 14.5. The van der Waals surface area contributed by atoms with E-state index in [0.29, 0.717) is 35.6 Å². The first-order valence-electron chi connectivity index (χ1n) is 6.38. The van der Waals surface area contributed by atoms with E-state index < -0.39 is 5.82 Å². The second-order valence-electron chi connectivity index (χ2n) is 4.38. The van der Waals surface area contributed by atoms with Gasteiger partial charge in [0.1, 0.15) is 5.52 Å². The van der Waals surface area contributed by atoms with Crippen LogP contribution in [-0.2, 0) is 0 Å². The van der Waals surface area contributed by atoms with E-state index in [1.807, 2.05) is 0 Å². The molecule has 0 bridgehead atoms. The monoisotopic (exact) mass is 298 g/mol. The van der Waals surface area contributed by atoms with Crippen molar-refractivity contribution in [1.82, 2.24) is 4.98 Å². The summed E-state index contributed by atoms with van der Waals surface area (Å²) in [5.74, 6) is -0.462. The molecular weight excluding hydrogens is 283 g/mol. The third-order valence-electron chi connectivity index (χ3n) is 3.07. The maximum atomic E-state index is 14.5. The van der Waals surface area contributed by atoms with E-state index in [9.17, 15) is 4.39 Å². The normalized spacial score (nSPS) is 11.0. The lowest BCUT2D eigenvalue weighted by Gasteiger charge is -2.24. The van der Waals surface area contributed by atoms with E-state index in [2.05, 4.69) is 4.98 Å². The largest absolute Gasteiger partial charge is 0.396 e. The molecule has 0 unspecified atom stereocenters. The Balaban J connectivity index is 2.44. The Morgan fingerprint density at radius 2 is 1.95 bits per heavy atom. The zero-order valence-corrected chi connectivity index (χ0v) is 11.6. The molecule has 0 amide bonds. The number of aliphatic hydroxyl groups excluding tert-OH is 2. The number of hydrogen-bond donors (Lipinski definition) is 2. The average molecular weight is 299 g/mol. The molecule has 1 heterocycles. The summed E-state index contributed by atoms with van der Waals surface area (Å²) in [4.78, 5) is 5.72. The third-order valence-corrected chi connectivity index (χ3v) is 3.40. The molecule has 0 aliphatic rings. The predicted molar refractivity (Wildman–Crippen MR) is 77.7 cm³/mol. The van der Waals surface area contributed by atoms with Gasteiger partial charge in [-0.25, -0.2) is 4.39 Å². The van der Waals surface area contributed by atoms with Crippen molar-refractivity contribution >= 4 is 28.2 Å². The molecule has 1 aromatic heterocycles. The minimum absolute atomic E-state index is 0.0151. The highest BCUT2D eigenvalue weighted by Crippen LogP contribution is 2.29. The summed E-state index contributed by atoms with van der Waals surface area (Å²) >= 11 is 6.01. The van der Waals surface area contributed by atoms with Crippen LogP contribution < -0.4 is 4.90 Å². The van der Waals surface area contributed by atoms with Crippen molar-refractivity contribution in [2.45, 2.75) is 6.42 Å². The Labute approximate surface area is 121 Å². The molecule has 108 valence electrons. The van der Waals surface area contributed by atoms with E-state index in [0.717, 1.165) is 0 Å². The van der Waals surface area contributed by atoms with Gasteiger partial charge in [0.15, 0.2) is 5.82 Å². The molecule has 0 radical (unpaired) electrons. The molecule has 2 aromatic rings. The molecule has 2 rings (SSSR count). The SMILES string of the molecule is OCCCN(CCO)c1ccc2c(Cl)ccnc2c1F. The van der Waals surface area contributed by atoms with Gasteiger partial charge < -0.3 is 15.1 Å². The standard InChI is InChI=1S/C14H16ClFN2O2/c15-11-4-5-17-14-10(11)2-3-12(13(14)16)18(7-9-20)6-1-8-19/h2-5,19-20H,1,6-9H2. The molecule has 0 aliphatic carbocycles. The summed E-state index contributed by atoms with van der Waals surface area (Å²) in [5.41, 5.74) is 0.566. The second kappa shape index (κ2) is 6.83. The maximum Gasteiger partial charge on any atom is 0.172 e. The van der Waals surface area contributed by atoms with Crippen LogP contribution in [0.5, 0.6) is 0 Å². The van der Waals surface area contributed by atoms with Crippen molar-refractivity contribution in [1.29, 1.82) is 0 Å². The van der Waals surface area contributed by atoms with Gasteiger partial charge in [0.25, 0.3) is 0 Å². The van der Waals surface area contributed by atoms with Gasteiger partial charge in [-0.15, -0.1) is 0 Å². The van der Waals surface area contributed by atoms with Crippen LogP contribution in [0.15, 0.2) is 24.4 Å². The molecule has 0 saturated heterocycles. The molecule has 2 N–H and O–H groups in total.